The van der Waals surface area contributed by atoms with Crippen LogP contribution in [0.4, 0.5) is 11.5 Å². The smallest absolute Gasteiger partial charge is 0.272 e. The van der Waals surface area contributed by atoms with Gasteiger partial charge in [-0.3, -0.25) is 10.1 Å². The highest BCUT2D eigenvalue weighted by Crippen LogP contribution is 2.20. The predicted molar refractivity (Wildman–Crippen MR) is 74.4 cm³/mol. The lowest BCUT2D eigenvalue weighted by Crippen LogP contribution is -2.02. The summed E-state index contributed by atoms with van der Waals surface area (Å²) in [6.45, 7) is 2.17. The number of nitro benzene ring substituents is 1. The van der Waals surface area contributed by atoms with Crippen LogP contribution in [0.5, 0.6) is 0 Å². The molecule has 2 rings (SSSR count). The Hall–Kier alpha value is -2.14. The summed E-state index contributed by atoms with van der Waals surface area (Å²) in [5.74, 6) is 0.635. The van der Waals surface area contributed by atoms with Crippen molar-refractivity contribution >= 4 is 23.1 Å². The van der Waals surface area contributed by atoms with Crippen molar-refractivity contribution in [1.82, 2.24) is 4.98 Å². The molecule has 0 atom stereocenters. The molecule has 1 aromatic carbocycles. The summed E-state index contributed by atoms with van der Waals surface area (Å²) in [5.41, 5.74) is 1.59. The summed E-state index contributed by atoms with van der Waals surface area (Å²) >= 11 is 5.77. The van der Waals surface area contributed by atoms with E-state index >= 15 is 0 Å². The van der Waals surface area contributed by atoms with Crippen LogP contribution in [0, 0.1) is 17.0 Å². The first kappa shape index (κ1) is 13.3. The Morgan fingerprint density at radius 2 is 2.16 bits per heavy atom. The molecule has 0 saturated heterocycles. The molecule has 0 amide bonds. The van der Waals surface area contributed by atoms with Gasteiger partial charge in [-0.2, -0.15) is 0 Å². The predicted octanol–water partition coefficient (Wildman–Crippen LogP) is 3.56. The molecule has 1 heterocycles. The van der Waals surface area contributed by atoms with Crippen LogP contribution >= 0.6 is 11.6 Å². The fraction of sp³-hybridized carbons (Fsp3) is 0.154. The third-order valence-corrected chi connectivity index (χ3v) is 2.87. The number of hydrogen-bond acceptors (Lipinski definition) is 4. The van der Waals surface area contributed by atoms with Crippen LogP contribution in [0.25, 0.3) is 0 Å². The number of nitrogens with zero attached hydrogens (tertiary/aromatic N) is 2. The zero-order valence-electron chi connectivity index (χ0n) is 10.3. The maximum Gasteiger partial charge on any atom is 0.272 e. The van der Waals surface area contributed by atoms with E-state index in [0.717, 1.165) is 5.56 Å². The highest BCUT2D eigenvalue weighted by molar-refractivity contribution is 6.29. The average molecular weight is 278 g/mol. The molecule has 2 aromatic rings. The van der Waals surface area contributed by atoms with Crippen LogP contribution in [-0.2, 0) is 6.54 Å². The summed E-state index contributed by atoms with van der Waals surface area (Å²) < 4.78 is 0. The Bertz CT molecular complexity index is 617. The minimum atomic E-state index is -0.379. The minimum Gasteiger partial charge on any atom is -0.366 e. The van der Waals surface area contributed by atoms with Gasteiger partial charge in [-0.05, 0) is 24.6 Å². The maximum atomic E-state index is 10.8. The van der Waals surface area contributed by atoms with Crippen LogP contribution in [-0.4, -0.2) is 9.91 Å². The average Bonchev–Trinajstić information content (AvgIpc) is 2.37. The molecule has 0 radical (unpaired) electrons. The number of aromatic nitrogens is 1. The molecule has 0 fully saturated rings. The first-order valence-corrected chi connectivity index (χ1v) is 6.04. The molecule has 1 N–H and O–H groups in total. The number of pyridine rings is 1. The van der Waals surface area contributed by atoms with Gasteiger partial charge >= 0.3 is 0 Å². The molecular weight excluding hydrogens is 266 g/mol. The van der Waals surface area contributed by atoms with E-state index in [0.29, 0.717) is 23.1 Å². The van der Waals surface area contributed by atoms with E-state index in [9.17, 15) is 10.1 Å². The van der Waals surface area contributed by atoms with Crippen molar-refractivity contribution in [2.75, 3.05) is 5.32 Å². The van der Waals surface area contributed by atoms with Gasteiger partial charge in [0.25, 0.3) is 5.69 Å². The zero-order chi connectivity index (χ0) is 13.8. The Kier molecular flexibility index (Phi) is 3.97. The number of nitro groups is 1. The molecule has 0 spiro atoms. The summed E-state index contributed by atoms with van der Waals surface area (Å²) in [7, 11) is 0. The van der Waals surface area contributed by atoms with Crippen molar-refractivity contribution in [3.63, 3.8) is 0 Å². The molecule has 0 bridgehead atoms. The number of nitrogens with one attached hydrogen (secondary N) is 1. The summed E-state index contributed by atoms with van der Waals surface area (Å²) in [6, 6.07) is 10.4. The lowest BCUT2D eigenvalue weighted by Gasteiger charge is -2.06. The van der Waals surface area contributed by atoms with Crippen molar-refractivity contribution in [3.8, 4) is 0 Å². The van der Waals surface area contributed by atoms with E-state index in [1.807, 2.05) is 6.07 Å². The van der Waals surface area contributed by atoms with E-state index in [4.69, 9.17) is 11.6 Å². The summed E-state index contributed by atoms with van der Waals surface area (Å²) in [4.78, 5) is 14.6. The topological polar surface area (TPSA) is 68.1 Å². The number of hydrogen-bond donors (Lipinski definition) is 1. The fourth-order valence-corrected chi connectivity index (χ4v) is 1.82. The molecular formula is C13H12ClN3O2. The second kappa shape index (κ2) is 5.67. The van der Waals surface area contributed by atoms with Gasteiger partial charge in [-0.25, -0.2) is 4.98 Å². The van der Waals surface area contributed by atoms with Gasteiger partial charge < -0.3 is 5.32 Å². The van der Waals surface area contributed by atoms with E-state index in [2.05, 4.69) is 10.3 Å². The molecule has 19 heavy (non-hydrogen) atoms. The standard InChI is InChI=1S/C13H12ClN3O2/c1-9-5-6-10(7-11(9)17(18)19)8-15-13-4-2-3-12(14)16-13/h2-7H,8H2,1H3,(H,15,16). The monoisotopic (exact) mass is 277 g/mol. The number of anilines is 1. The summed E-state index contributed by atoms with van der Waals surface area (Å²) in [6.07, 6.45) is 0. The number of halogens is 1. The SMILES string of the molecule is Cc1ccc(CNc2cccc(Cl)n2)cc1[N+](=O)[O-]. The lowest BCUT2D eigenvalue weighted by atomic mass is 10.1. The second-order valence-corrected chi connectivity index (χ2v) is 4.46. The van der Waals surface area contributed by atoms with E-state index in [1.165, 1.54) is 0 Å². The van der Waals surface area contributed by atoms with Crippen molar-refractivity contribution in [2.45, 2.75) is 13.5 Å². The molecule has 0 aliphatic rings. The first-order chi connectivity index (χ1) is 9.06. The Morgan fingerprint density at radius 1 is 1.37 bits per heavy atom. The fourth-order valence-electron chi connectivity index (χ4n) is 1.66. The van der Waals surface area contributed by atoms with Gasteiger partial charge in [-0.1, -0.05) is 29.8 Å². The van der Waals surface area contributed by atoms with E-state index in [-0.39, 0.29) is 10.6 Å². The molecule has 0 aliphatic heterocycles. The first-order valence-electron chi connectivity index (χ1n) is 5.66. The van der Waals surface area contributed by atoms with Gasteiger partial charge in [0.05, 0.1) is 4.92 Å². The molecule has 6 heteroatoms. The zero-order valence-corrected chi connectivity index (χ0v) is 11.0. The number of aryl methyl sites for hydroxylation is 1. The Balaban J connectivity index is 2.12. The van der Waals surface area contributed by atoms with Crippen molar-refractivity contribution < 1.29 is 4.92 Å². The quantitative estimate of drug-likeness (QED) is 0.527. The molecule has 0 unspecified atom stereocenters. The van der Waals surface area contributed by atoms with Gasteiger partial charge in [0.2, 0.25) is 0 Å². The van der Waals surface area contributed by atoms with Crippen LogP contribution in [0.3, 0.4) is 0 Å². The van der Waals surface area contributed by atoms with Gasteiger partial charge in [0.1, 0.15) is 11.0 Å². The molecule has 0 aliphatic carbocycles. The molecule has 5 nitrogen and oxygen atoms in total. The highest BCUT2D eigenvalue weighted by atomic mass is 35.5. The minimum absolute atomic E-state index is 0.123. The Labute approximate surface area is 115 Å². The van der Waals surface area contributed by atoms with Crippen LogP contribution in [0.15, 0.2) is 36.4 Å². The van der Waals surface area contributed by atoms with Crippen molar-refractivity contribution in [3.05, 3.63) is 62.8 Å². The Morgan fingerprint density at radius 3 is 2.84 bits per heavy atom. The lowest BCUT2D eigenvalue weighted by molar-refractivity contribution is -0.385. The maximum absolute atomic E-state index is 10.8. The largest absolute Gasteiger partial charge is 0.366 e. The number of rotatable bonds is 4. The van der Waals surface area contributed by atoms with Gasteiger partial charge in [0.15, 0.2) is 0 Å². The third kappa shape index (κ3) is 3.42. The van der Waals surface area contributed by atoms with E-state index in [1.54, 1.807) is 37.3 Å². The molecule has 98 valence electrons. The van der Waals surface area contributed by atoms with Crippen LogP contribution < -0.4 is 5.32 Å². The van der Waals surface area contributed by atoms with E-state index < -0.39 is 0 Å². The van der Waals surface area contributed by atoms with Crippen molar-refractivity contribution in [1.29, 1.82) is 0 Å². The van der Waals surface area contributed by atoms with Crippen LogP contribution in [0.2, 0.25) is 5.15 Å². The van der Waals surface area contributed by atoms with Crippen molar-refractivity contribution in [2.24, 2.45) is 0 Å². The highest BCUT2D eigenvalue weighted by Gasteiger charge is 2.10. The normalized spacial score (nSPS) is 10.2. The van der Waals surface area contributed by atoms with Gasteiger partial charge in [0, 0.05) is 18.2 Å². The second-order valence-electron chi connectivity index (χ2n) is 4.08. The third-order valence-electron chi connectivity index (χ3n) is 2.66. The number of benzene rings is 1. The molecule has 1 aromatic heterocycles. The summed E-state index contributed by atoms with van der Waals surface area (Å²) in [5, 5.41) is 14.3. The molecule has 0 saturated carbocycles. The van der Waals surface area contributed by atoms with Crippen LogP contribution in [0.1, 0.15) is 11.1 Å². The van der Waals surface area contributed by atoms with Gasteiger partial charge in [-0.15, -0.1) is 0 Å².